The van der Waals surface area contributed by atoms with Gasteiger partial charge in [0.25, 0.3) is 0 Å². The van der Waals surface area contributed by atoms with Crippen LogP contribution in [0.15, 0.2) is 0 Å². The van der Waals surface area contributed by atoms with Crippen molar-refractivity contribution in [1.29, 1.82) is 0 Å². The summed E-state index contributed by atoms with van der Waals surface area (Å²) < 4.78 is 21.3. The number of carbonyl (C=O) groups is 1. The second kappa shape index (κ2) is 5.18. The molecule has 0 aromatic heterocycles. The lowest BCUT2D eigenvalue weighted by Crippen LogP contribution is -2.35. The first-order valence-electron chi connectivity index (χ1n) is 3.93. The molecular formula is C7H15NO4S. The van der Waals surface area contributed by atoms with Crippen LogP contribution in [0.4, 0.5) is 0 Å². The highest BCUT2D eigenvalue weighted by atomic mass is 32.2. The molecule has 13 heavy (non-hydrogen) atoms. The summed E-state index contributed by atoms with van der Waals surface area (Å²) in [5.74, 6) is -0.510. The molecule has 0 saturated heterocycles. The Morgan fingerprint density at radius 1 is 1.54 bits per heavy atom. The Balaban J connectivity index is 3.77. The summed E-state index contributed by atoms with van der Waals surface area (Å²) in [5, 5.41) is 11.0. The maximum absolute atomic E-state index is 11.0. The molecule has 0 saturated carbocycles. The summed E-state index contributed by atoms with van der Waals surface area (Å²) in [6, 6.07) is -0.327. The highest BCUT2D eigenvalue weighted by molar-refractivity contribution is 7.90. The van der Waals surface area contributed by atoms with E-state index in [1.54, 1.807) is 6.92 Å². The molecule has 5 nitrogen and oxygen atoms in total. The zero-order chi connectivity index (χ0) is 10.5. The molecule has 0 aliphatic heterocycles. The molecule has 0 aromatic rings. The van der Waals surface area contributed by atoms with E-state index in [-0.39, 0.29) is 30.7 Å². The molecule has 0 fully saturated rings. The van der Waals surface area contributed by atoms with E-state index < -0.39 is 9.84 Å². The first-order valence-corrected chi connectivity index (χ1v) is 5.99. The average molecular weight is 209 g/mol. The Hall–Kier alpha value is -0.620. The lowest BCUT2D eigenvalue weighted by molar-refractivity contribution is -0.121. The summed E-state index contributed by atoms with van der Waals surface area (Å²) in [6.07, 6.45) is 1.03. The molecule has 1 amide bonds. The zero-order valence-electron chi connectivity index (χ0n) is 7.78. The van der Waals surface area contributed by atoms with Crippen LogP contribution in [0.1, 0.15) is 13.3 Å². The number of rotatable bonds is 5. The van der Waals surface area contributed by atoms with Gasteiger partial charge in [-0.15, -0.1) is 0 Å². The third-order valence-electron chi connectivity index (χ3n) is 1.38. The fourth-order valence-corrected chi connectivity index (χ4v) is 1.23. The van der Waals surface area contributed by atoms with Crippen LogP contribution >= 0.6 is 0 Å². The van der Waals surface area contributed by atoms with Crippen LogP contribution in [-0.2, 0) is 14.6 Å². The van der Waals surface area contributed by atoms with Gasteiger partial charge in [0.05, 0.1) is 12.4 Å². The molecule has 6 heteroatoms. The van der Waals surface area contributed by atoms with Crippen molar-refractivity contribution in [2.75, 3.05) is 18.6 Å². The number of aliphatic hydroxyl groups excluding tert-OH is 1. The average Bonchev–Trinajstić information content (AvgIpc) is 1.99. The van der Waals surface area contributed by atoms with Gasteiger partial charge in [-0.05, 0) is 6.92 Å². The van der Waals surface area contributed by atoms with Crippen LogP contribution in [0.3, 0.4) is 0 Å². The van der Waals surface area contributed by atoms with Gasteiger partial charge in [0, 0.05) is 18.7 Å². The van der Waals surface area contributed by atoms with E-state index in [0.29, 0.717) is 0 Å². The molecule has 0 aliphatic carbocycles. The number of amides is 1. The Kier molecular flexibility index (Phi) is 4.94. The quantitative estimate of drug-likeness (QED) is 0.603. The third kappa shape index (κ3) is 7.73. The summed E-state index contributed by atoms with van der Waals surface area (Å²) in [4.78, 5) is 11.0. The van der Waals surface area contributed by atoms with Gasteiger partial charge in [-0.1, -0.05) is 0 Å². The largest absolute Gasteiger partial charge is 0.394 e. The number of aliphatic hydroxyl groups is 1. The van der Waals surface area contributed by atoms with Gasteiger partial charge >= 0.3 is 0 Å². The van der Waals surface area contributed by atoms with E-state index in [4.69, 9.17) is 5.11 Å². The van der Waals surface area contributed by atoms with Crippen LogP contribution in [-0.4, -0.2) is 44.1 Å². The van der Waals surface area contributed by atoms with Crippen LogP contribution in [0.5, 0.6) is 0 Å². The van der Waals surface area contributed by atoms with Gasteiger partial charge in [-0.25, -0.2) is 8.42 Å². The Morgan fingerprint density at radius 3 is 2.46 bits per heavy atom. The van der Waals surface area contributed by atoms with Gasteiger partial charge < -0.3 is 10.4 Å². The minimum absolute atomic E-state index is 0.0524. The Bertz CT molecular complexity index is 260. The second-order valence-corrected chi connectivity index (χ2v) is 5.29. The van der Waals surface area contributed by atoms with E-state index in [0.717, 1.165) is 6.26 Å². The summed E-state index contributed by atoms with van der Waals surface area (Å²) in [6.45, 7) is 1.49. The first-order chi connectivity index (χ1) is 5.85. The van der Waals surface area contributed by atoms with Crippen molar-refractivity contribution < 1.29 is 18.3 Å². The summed E-state index contributed by atoms with van der Waals surface area (Å²) in [5.41, 5.74) is 0. The topological polar surface area (TPSA) is 83.5 Å². The van der Waals surface area contributed by atoms with Crippen LogP contribution in [0, 0.1) is 0 Å². The van der Waals surface area contributed by atoms with E-state index in [1.165, 1.54) is 0 Å². The molecule has 0 aromatic carbocycles. The van der Waals surface area contributed by atoms with Crippen molar-refractivity contribution in [1.82, 2.24) is 5.32 Å². The molecule has 0 aliphatic rings. The van der Waals surface area contributed by atoms with Gasteiger partial charge in [-0.2, -0.15) is 0 Å². The highest BCUT2D eigenvalue weighted by Gasteiger charge is 2.09. The van der Waals surface area contributed by atoms with Crippen molar-refractivity contribution in [3.8, 4) is 0 Å². The van der Waals surface area contributed by atoms with Gasteiger partial charge in [-0.3, -0.25) is 4.79 Å². The maximum Gasteiger partial charge on any atom is 0.221 e. The minimum atomic E-state index is -3.09. The predicted molar refractivity (Wildman–Crippen MR) is 49.0 cm³/mol. The normalized spacial score (nSPS) is 13.8. The number of carbonyl (C=O) groups excluding carboxylic acids is 1. The van der Waals surface area contributed by atoms with E-state index in [1.807, 2.05) is 0 Å². The van der Waals surface area contributed by atoms with Gasteiger partial charge in [0.2, 0.25) is 5.91 Å². The van der Waals surface area contributed by atoms with E-state index in [2.05, 4.69) is 5.32 Å². The highest BCUT2D eigenvalue weighted by Crippen LogP contribution is 1.90. The number of sulfone groups is 1. The molecule has 1 atom stereocenters. The van der Waals surface area contributed by atoms with Crippen molar-refractivity contribution >= 4 is 15.7 Å². The smallest absolute Gasteiger partial charge is 0.221 e. The monoisotopic (exact) mass is 209 g/mol. The number of hydrogen-bond donors (Lipinski definition) is 2. The van der Waals surface area contributed by atoms with Crippen LogP contribution < -0.4 is 5.32 Å². The molecule has 0 bridgehead atoms. The molecule has 0 rings (SSSR count). The second-order valence-electron chi connectivity index (χ2n) is 3.03. The van der Waals surface area contributed by atoms with E-state index in [9.17, 15) is 13.2 Å². The molecule has 0 unspecified atom stereocenters. The zero-order valence-corrected chi connectivity index (χ0v) is 8.60. The lowest BCUT2D eigenvalue weighted by atomic mass is 10.3. The Labute approximate surface area is 78.1 Å². The number of nitrogens with one attached hydrogen (secondary N) is 1. The van der Waals surface area contributed by atoms with Crippen molar-refractivity contribution in [2.24, 2.45) is 0 Å². The molecule has 78 valence electrons. The first kappa shape index (κ1) is 12.4. The van der Waals surface area contributed by atoms with Gasteiger partial charge in [0.15, 0.2) is 0 Å². The van der Waals surface area contributed by atoms with Crippen molar-refractivity contribution in [3.05, 3.63) is 0 Å². The lowest BCUT2D eigenvalue weighted by Gasteiger charge is -2.09. The van der Waals surface area contributed by atoms with Crippen molar-refractivity contribution in [3.63, 3.8) is 0 Å². The Morgan fingerprint density at radius 2 is 2.08 bits per heavy atom. The standard InChI is InChI=1S/C7H15NO4S/c1-6(5-9)8-7(10)3-4-13(2,11)12/h6,9H,3-5H2,1-2H3,(H,8,10)/t6-/m1/s1. The fourth-order valence-electron chi connectivity index (χ4n) is 0.671. The molecule has 0 radical (unpaired) electrons. The molecule has 2 N–H and O–H groups in total. The minimum Gasteiger partial charge on any atom is -0.394 e. The fraction of sp³-hybridized carbons (Fsp3) is 0.857. The molecule has 0 spiro atoms. The SMILES string of the molecule is C[C@H](CO)NC(=O)CCS(C)(=O)=O. The van der Waals surface area contributed by atoms with Crippen LogP contribution in [0.25, 0.3) is 0 Å². The number of hydrogen-bond acceptors (Lipinski definition) is 4. The third-order valence-corrected chi connectivity index (χ3v) is 2.33. The van der Waals surface area contributed by atoms with Crippen LogP contribution in [0.2, 0.25) is 0 Å². The molecule has 0 heterocycles. The summed E-state index contributed by atoms with van der Waals surface area (Å²) in [7, 11) is -3.09. The van der Waals surface area contributed by atoms with Gasteiger partial charge in [0.1, 0.15) is 9.84 Å². The predicted octanol–water partition coefficient (Wildman–Crippen LogP) is -1.08. The van der Waals surface area contributed by atoms with E-state index >= 15 is 0 Å². The maximum atomic E-state index is 11.0. The summed E-state index contributed by atoms with van der Waals surface area (Å²) >= 11 is 0. The van der Waals surface area contributed by atoms with Crippen molar-refractivity contribution in [2.45, 2.75) is 19.4 Å². The molecular weight excluding hydrogens is 194 g/mol.